The number of nitrogens with zero attached hydrogens (tertiary/aromatic N) is 5. The lowest BCUT2D eigenvalue weighted by Gasteiger charge is -2.09. The molecule has 136 valence electrons. The van der Waals surface area contributed by atoms with E-state index in [1.165, 1.54) is 23.8 Å². The minimum Gasteiger partial charge on any atom is -0.306 e. The maximum Gasteiger partial charge on any atom is 0.225 e. The maximum atomic E-state index is 11.4. The number of carbonyl (C=O) groups excluding carboxylic acids is 1. The molecule has 0 bridgehead atoms. The smallest absolute Gasteiger partial charge is 0.225 e. The molecule has 0 aliphatic heterocycles. The van der Waals surface area contributed by atoms with Crippen molar-refractivity contribution in [3.63, 3.8) is 0 Å². The largest absolute Gasteiger partial charge is 0.306 e. The van der Waals surface area contributed by atoms with E-state index in [0.29, 0.717) is 5.75 Å². The standard InChI is InChI=1S/C18H21N5OS2/c1-4-23-16(10-14-8-6-5-7-9-14)20-21-18(23)26-12-15-11-25-17(19-15)22(3)13(2)24/h5-9,11H,4,10,12H2,1-3H3. The molecule has 8 heteroatoms. The van der Waals surface area contributed by atoms with Crippen LogP contribution in [0.4, 0.5) is 5.13 Å². The van der Waals surface area contributed by atoms with Gasteiger partial charge in [-0.25, -0.2) is 4.98 Å². The van der Waals surface area contributed by atoms with Crippen LogP contribution in [0.2, 0.25) is 0 Å². The predicted octanol–water partition coefficient (Wildman–Crippen LogP) is 3.62. The monoisotopic (exact) mass is 387 g/mol. The van der Waals surface area contributed by atoms with E-state index in [1.807, 2.05) is 23.6 Å². The number of thioether (sulfide) groups is 1. The Kier molecular flexibility index (Phi) is 6.05. The topological polar surface area (TPSA) is 63.9 Å². The van der Waals surface area contributed by atoms with E-state index in [2.05, 4.69) is 38.8 Å². The molecule has 2 heterocycles. The van der Waals surface area contributed by atoms with Gasteiger partial charge in [-0.2, -0.15) is 0 Å². The highest BCUT2D eigenvalue weighted by Crippen LogP contribution is 2.26. The van der Waals surface area contributed by atoms with E-state index in [4.69, 9.17) is 0 Å². The average Bonchev–Trinajstić information content (AvgIpc) is 3.26. The van der Waals surface area contributed by atoms with Gasteiger partial charge in [0, 0.05) is 38.1 Å². The van der Waals surface area contributed by atoms with Gasteiger partial charge >= 0.3 is 0 Å². The summed E-state index contributed by atoms with van der Waals surface area (Å²) in [5.41, 5.74) is 2.17. The zero-order valence-corrected chi connectivity index (χ0v) is 16.7. The van der Waals surface area contributed by atoms with Crippen LogP contribution in [-0.4, -0.2) is 32.7 Å². The summed E-state index contributed by atoms with van der Waals surface area (Å²) in [6.07, 6.45) is 0.770. The summed E-state index contributed by atoms with van der Waals surface area (Å²) in [5.74, 6) is 1.65. The molecule has 0 atom stereocenters. The number of aromatic nitrogens is 4. The Bertz CT molecular complexity index is 875. The van der Waals surface area contributed by atoms with Gasteiger partial charge in [-0.05, 0) is 12.5 Å². The van der Waals surface area contributed by atoms with Gasteiger partial charge in [0.15, 0.2) is 10.3 Å². The Balaban J connectivity index is 1.68. The van der Waals surface area contributed by atoms with Crippen LogP contribution >= 0.6 is 23.1 Å². The summed E-state index contributed by atoms with van der Waals surface area (Å²) >= 11 is 3.10. The first-order valence-corrected chi connectivity index (χ1v) is 10.2. The highest BCUT2D eigenvalue weighted by atomic mass is 32.2. The second-order valence-electron chi connectivity index (χ2n) is 5.79. The summed E-state index contributed by atoms with van der Waals surface area (Å²) < 4.78 is 2.15. The number of rotatable bonds is 7. The van der Waals surface area contributed by atoms with Gasteiger partial charge in [0.2, 0.25) is 5.91 Å². The zero-order valence-electron chi connectivity index (χ0n) is 15.0. The van der Waals surface area contributed by atoms with E-state index >= 15 is 0 Å². The fourth-order valence-electron chi connectivity index (χ4n) is 2.44. The van der Waals surface area contributed by atoms with Crippen LogP contribution in [0.15, 0.2) is 40.9 Å². The van der Waals surface area contributed by atoms with Crippen molar-refractivity contribution in [2.24, 2.45) is 0 Å². The first kappa shape index (κ1) is 18.6. The van der Waals surface area contributed by atoms with Crippen molar-refractivity contribution in [2.75, 3.05) is 11.9 Å². The molecule has 0 saturated heterocycles. The number of anilines is 1. The summed E-state index contributed by atoms with van der Waals surface area (Å²) in [4.78, 5) is 17.5. The molecule has 0 unspecified atom stereocenters. The zero-order chi connectivity index (χ0) is 18.5. The van der Waals surface area contributed by atoms with Gasteiger partial charge < -0.3 is 4.57 Å². The van der Waals surface area contributed by atoms with E-state index in [-0.39, 0.29) is 5.91 Å². The van der Waals surface area contributed by atoms with Crippen molar-refractivity contribution in [3.05, 3.63) is 52.8 Å². The lowest BCUT2D eigenvalue weighted by atomic mass is 10.1. The van der Waals surface area contributed by atoms with Crippen LogP contribution in [0.1, 0.15) is 30.9 Å². The summed E-state index contributed by atoms with van der Waals surface area (Å²) in [5, 5.41) is 12.3. The minimum absolute atomic E-state index is 0.0187. The minimum atomic E-state index is -0.0187. The third-order valence-electron chi connectivity index (χ3n) is 3.96. The molecule has 6 nitrogen and oxygen atoms in total. The fraction of sp³-hybridized carbons (Fsp3) is 0.333. The Morgan fingerprint density at radius 3 is 2.73 bits per heavy atom. The third kappa shape index (κ3) is 4.31. The van der Waals surface area contributed by atoms with Gasteiger partial charge in [0.1, 0.15) is 5.82 Å². The van der Waals surface area contributed by atoms with E-state index in [1.54, 1.807) is 23.7 Å². The number of amides is 1. The summed E-state index contributed by atoms with van der Waals surface area (Å²) in [6.45, 7) is 4.46. The van der Waals surface area contributed by atoms with Crippen molar-refractivity contribution in [3.8, 4) is 0 Å². The molecule has 1 amide bonds. The molecule has 26 heavy (non-hydrogen) atoms. The first-order valence-electron chi connectivity index (χ1n) is 8.36. The van der Waals surface area contributed by atoms with Crippen molar-refractivity contribution in [2.45, 2.75) is 37.7 Å². The molecule has 2 aromatic heterocycles. The Morgan fingerprint density at radius 2 is 2.04 bits per heavy atom. The lowest BCUT2D eigenvalue weighted by Crippen LogP contribution is -2.22. The maximum absolute atomic E-state index is 11.4. The van der Waals surface area contributed by atoms with Crippen molar-refractivity contribution in [1.82, 2.24) is 19.7 Å². The second-order valence-corrected chi connectivity index (χ2v) is 7.57. The highest BCUT2D eigenvalue weighted by molar-refractivity contribution is 7.98. The fourth-order valence-corrected chi connectivity index (χ4v) is 4.30. The summed E-state index contributed by atoms with van der Waals surface area (Å²) in [6, 6.07) is 10.3. The Morgan fingerprint density at radius 1 is 1.27 bits per heavy atom. The van der Waals surface area contributed by atoms with Crippen molar-refractivity contribution >= 4 is 34.1 Å². The average molecular weight is 388 g/mol. The number of thiazole rings is 1. The predicted molar refractivity (Wildman–Crippen MR) is 106 cm³/mol. The van der Waals surface area contributed by atoms with E-state index < -0.39 is 0 Å². The van der Waals surface area contributed by atoms with Gasteiger partial charge in [0.05, 0.1) is 5.69 Å². The molecule has 0 aliphatic rings. The molecule has 0 fully saturated rings. The first-order chi connectivity index (χ1) is 12.6. The van der Waals surface area contributed by atoms with Gasteiger partial charge in [0.25, 0.3) is 0 Å². The van der Waals surface area contributed by atoms with E-state index in [0.717, 1.165) is 34.8 Å². The Labute approximate surface area is 161 Å². The van der Waals surface area contributed by atoms with Crippen LogP contribution in [0.3, 0.4) is 0 Å². The van der Waals surface area contributed by atoms with Crippen LogP contribution in [0, 0.1) is 0 Å². The van der Waals surface area contributed by atoms with E-state index in [9.17, 15) is 4.79 Å². The second kappa shape index (κ2) is 8.46. The molecule has 0 N–H and O–H groups in total. The molecular weight excluding hydrogens is 366 g/mol. The molecule has 0 spiro atoms. The van der Waals surface area contributed by atoms with Crippen LogP contribution in [0.5, 0.6) is 0 Å². The molecule has 0 saturated carbocycles. The molecule has 0 radical (unpaired) electrons. The molecule has 0 aliphatic carbocycles. The quantitative estimate of drug-likeness (QED) is 0.580. The number of benzene rings is 1. The molecule has 3 rings (SSSR count). The highest BCUT2D eigenvalue weighted by Gasteiger charge is 2.14. The van der Waals surface area contributed by atoms with Gasteiger partial charge in [-0.15, -0.1) is 21.5 Å². The van der Waals surface area contributed by atoms with Crippen LogP contribution in [0.25, 0.3) is 0 Å². The third-order valence-corrected chi connectivity index (χ3v) is 5.93. The molecule has 1 aromatic carbocycles. The van der Waals surface area contributed by atoms with Crippen LogP contribution in [-0.2, 0) is 23.5 Å². The number of carbonyl (C=O) groups is 1. The van der Waals surface area contributed by atoms with Crippen LogP contribution < -0.4 is 4.90 Å². The van der Waals surface area contributed by atoms with Crippen molar-refractivity contribution < 1.29 is 4.79 Å². The Hall–Kier alpha value is -2.19. The summed E-state index contributed by atoms with van der Waals surface area (Å²) in [7, 11) is 1.74. The number of hydrogen-bond acceptors (Lipinski definition) is 6. The normalized spacial score (nSPS) is 10.9. The number of hydrogen-bond donors (Lipinski definition) is 0. The molecular formula is C18H21N5OS2. The van der Waals surface area contributed by atoms with Gasteiger partial charge in [-0.1, -0.05) is 42.1 Å². The lowest BCUT2D eigenvalue weighted by molar-refractivity contribution is -0.116. The molecule has 3 aromatic rings. The van der Waals surface area contributed by atoms with Crippen molar-refractivity contribution in [1.29, 1.82) is 0 Å². The van der Waals surface area contributed by atoms with Gasteiger partial charge in [-0.3, -0.25) is 9.69 Å². The SMILES string of the molecule is CCn1c(Cc2ccccc2)nnc1SCc1csc(N(C)C(C)=O)n1.